The van der Waals surface area contributed by atoms with Crippen molar-refractivity contribution < 1.29 is 13.2 Å². The number of hydrogen-bond acceptors (Lipinski definition) is 8. The van der Waals surface area contributed by atoms with Gasteiger partial charge in [0, 0.05) is 37.1 Å². The Balaban J connectivity index is 1.57. The highest BCUT2D eigenvalue weighted by molar-refractivity contribution is 7.88. The molecule has 29 heavy (non-hydrogen) atoms. The minimum Gasteiger partial charge on any atom is -0.379 e. The molecule has 8 nitrogen and oxygen atoms in total. The summed E-state index contributed by atoms with van der Waals surface area (Å²) in [6.45, 7) is 9.37. The second kappa shape index (κ2) is 8.43. The Morgan fingerprint density at radius 2 is 1.83 bits per heavy atom. The zero-order valence-electron chi connectivity index (χ0n) is 17.3. The summed E-state index contributed by atoms with van der Waals surface area (Å²) >= 11 is 1.71. The van der Waals surface area contributed by atoms with E-state index in [0.717, 1.165) is 67.5 Å². The molecular weight excluding hydrogens is 410 g/mol. The first-order chi connectivity index (χ1) is 13.8. The molecule has 0 amide bonds. The van der Waals surface area contributed by atoms with E-state index in [1.165, 1.54) is 16.7 Å². The number of nitrogens with one attached hydrogen (secondary N) is 1. The van der Waals surface area contributed by atoms with E-state index in [-0.39, 0.29) is 6.04 Å². The maximum Gasteiger partial charge on any atom is 0.211 e. The van der Waals surface area contributed by atoms with Crippen molar-refractivity contribution in [3.63, 3.8) is 0 Å². The van der Waals surface area contributed by atoms with Gasteiger partial charge in [0.15, 0.2) is 0 Å². The fourth-order valence-corrected chi connectivity index (χ4v) is 5.88. The largest absolute Gasteiger partial charge is 0.379 e. The molecule has 0 aromatic carbocycles. The van der Waals surface area contributed by atoms with E-state index in [9.17, 15) is 8.42 Å². The summed E-state index contributed by atoms with van der Waals surface area (Å²) in [6, 6.07) is 0.210. The van der Waals surface area contributed by atoms with Gasteiger partial charge in [0.1, 0.15) is 16.5 Å². The lowest BCUT2D eigenvalue weighted by Crippen LogP contribution is -2.42. The SMILES string of the molecule is Cc1sc2nc(CN3CCOCC3)nc(NC3CCN(S(C)(=O)=O)CC3)c2c1C. The highest BCUT2D eigenvalue weighted by Crippen LogP contribution is 2.34. The monoisotopic (exact) mass is 439 g/mol. The number of ether oxygens (including phenoxy) is 1. The standard InChI is InChI=1S/C19H29N5O3S2/c1-13-14(2)28-19-17(13)18(20-15-4-6-24(7-5-15)29(3,25)26)21-16(22-19)12-23-8-10-27-11-9-23/h15H,4-12H2,1-3H3,(H,20,21,22). The molecule has 2 aromatic rings. The third-order valence-corrected chi connectivity index (χ3v) is 8.21. The van der Waals surface area contributed by atoms with Gasteiger partial charge in [-0.3, -0.25) is 4.90 Å². The minimum absolute atomic E-state index is 0.210. The first-order valence-electron chi connectivity index (χ1n) is 10.1. The number of sulfonamides is 1. The van der Waals surface area contributed by atoms with Gasteiger partial charge in [-0.2, -0.15) is 0 Å². The van der Waals surface area contributed by atoms with Gasteiger partial charge in [-0.05, 0) is 32.3 Å². The van der Waals surface area contributed by atoms with E-state index in [2.05, 4.69) is 24.1 Å². The molecule has 4 heterocycles. The van der Waals surface area contributed by atoms with Crippen LogP contribution in [0.2, 0.25) is 0 Å². The van der Waals surface area contributed by atoms with Gasteiger partial charge in [-0.1, -0.05) is 0 Å². The highest BCUT2D eigenvalue weighted by Gasteiger charge is 2.26. The summed E-state index contributed by atoms with van der Waals surface area (Å²) in [5.41, 5.74) is 1.22. The number of rotatable bonds is 5. The van der Waals surface area contributed by atoms with Crippen molar-refractivity contribution in [3.05, 3.63) is 16.3 Å². The van der Waals surface area contributed by atoms with Crippen molar-refractivity contribution in [1.29, 1.82) is 0 Å². The van der Waals surface area contributed by atoms with E-state index in [0.29, 0.717) is 13.1 Å². The van der Waals surface area contributed by atoms with Gasteiger partial charge in [-0.15, -0.1) is 11.3 Å². The summed E-state index contributed by atoms with van der Waals surface area (Å²) < 4.78 is 30.6. The Kier molecular flexibility index (Phi) is 6.08. The molecule has 0 atom stereocenters. The molecule has 1 N–H and O–H groups in total. The molecule has 2 aromatic heterocycles. The average Bonchev–Trinajstić information content (AvgIpc) is 2.96. The molecule has 0 spiro atoms. The first-order valence-corrected chi connectivity index (χ1v) is 12.8. The quantitative estimate of drug-likeness (QED) is 0.762. The lowest BCUT2D eigenvalue weighted by molar-refractivity contribution is 0.0331. The predicted octanol–water partition coefficient (Wildman–Crippen LogP) is 1.98. The van der Waals surface area contributed by atoms with E-state index >= 15 is 0 Å². The normalized spacial score (nSPS) is 20.4. The van der Waals surface area contributed by atoms with Gasteiger partial charge in [-0.25, -0.2) is 22.7 Å². The Bertz CT molecular complexity index is 977. The van der Waals surface area contributed by atoms with Crippen molar-refractivity contribution in [2.24, 2.45) is 0 Å². The second-order valence-corrected chi connectivity index (χ2v) is 11.1. The van der Waals surface area contributed by atoms with Crippen LogP contribution in [0.1, 0.15) is 29.1 Å². The van der Waals surface area contributed by atoms with Crippen LogP contribution < -0.4 is 5.32 Å². The molecule has 0 unspecified atom stereocenters. The predicted molar refractivity (Wildman–Crippen MR) is 116 cm³/mol. The topological polar surface area (TPSA) is 87.7 Å². The van der Waals surface area contributed by atoms with Crippen LogP contribution >= 0.6 is 11.3 Å². The molecule has 160 valence electrons. The average molecular weight is 440 g/mol. The number of anilines is 1. The Morgan fingerprint density at radius 1 is 1.14 bits per heavy atom. The molecule has 0 bridgehead atoms. The summed E-state index contributed by atoms with van der Waals surface area (Å²) in [4.78, 5) is 14.4. The number of fused-ring (bicyclic) bond motifs is 1. The van der Waals surface area contributed by atoms with E-state index in [4.69, 9.17) is 14.7 Å². The number of aryl methyl sites for hydroxylation is 2. The van der Waals surface area contributed by atoms with E-state index in [1.807, 2.05) is 0 Å². The van der Waals surface area contributed by atoms with Crippen molar-refractivity contribution in [2.75, 3.05) is 51.0 Å². The number of hydrogen-bond donors (Lipinski definition) is 1. The van der Waals surface area contributed by atoms with Gasteiger partial charge >= 0.3 is 0 Å². The van der Waals surface area contributed by atoms with Crippen LogP contribution in [0.5, 0.6) is 0 Å². The number of thiophene rings is 1. The highest BCUT2D eigenvalue weighted by atomic mass is 32.2. The summed E-state index contributed by atoms with van der Waals surface area (Å²) in [5.74, 6) is 1.72. The third kappa shape index (κ3) is 4.72. The fraction of sp³-hybridized carbons (Fsp3) is 0.684. The Labute approximate surface area is 176 Å². The second-order valence-electron chi connectivity index (χ2n) is 7.92. The van der Waals surface area contributed by atoms with Gasteiger partial charge in [0.2, 0.25) is 10.0 Å². The van der Waals surface area contributed by atoms with Crippen molar-refractivity contribution in [1.82, 2.24) is 19.2 Å². The van der Waals surface area contributed by atoms with Crippen molar-refractivity contribution in [2.45, 2.75) is 39.3 Å². The first kappa shape index (κ1) is 20.9. The third-order valence-electron chi connectivity index (χ3n) is 5.81. The molecule has 2 saturated heterocycles. The Morgan fingerprint density at radius 3 is 2.48 bits per heavy atom. The number of piperidine rings is 1. The maximum atomic E-state index is 11.8. The lowest BCUT2D eigenvalue weighted by Gasteiger charge is -2.31. The minimum atomic E-state index is -3.12. The number of nitrogens with zero attached hydrogens (tertiary/aromatic N) is 4. The molecule has 2 fully saturated rings. The van der Waals surface area contributed by atoms with Crippen LogP contribution in [-0.2, 0) is 21.3 Å². The maximum absolute atomic E-state index is 11.8. The van der Waals surface area contributed by atoms with Crippen LogP contribution in [-0.4, -0.2) is 79.3 Å². The molecule has 4 rings (SSSR count). The van der Waals surface area contributed by atoms with Crippen LogP contribution in [0, 0.1) is 13.8 Å². The zero-order valence-corrected chi connectivity index (χ0v) is 18.9. The molecule has 10 heteroatoms. The van der Waals surface area contributed by atoms with E-state index < -0.39 is 10.0 Å². The van der Waals surface area contributed by atoms with Gasteiger partial charge < -0.3 is 10.1 Å². The van der Waals surface area contributed by atoms with Crippen LogP contribution in [0.15, 0.2) is 0 Å². The van der Waals surface area contributed by atoms with E-state index in [1.54, 1.807) is 15.6 Å². The van der Waals surface area contributed by atoms with Gasteiger partial charge in [0.05, 0.1) is 31.4 Å². The zero-order chi connectivity index (χ0) is 20.6. The van der Waals surface area contributed by atoms with Crippen LogP contribution in [0.4, 0.5) is 5.82 Å². The molecular formula is C19H29N5O3S2. The summed E-state index contributed by atoms with van der Waals surface area (Å²) in [6.07, 6.45) is 2.84. The number of aromatic nitrogens is 2. The Hall–Kier alpha value is -1.33. The fourth-order valence-electron chi connectivity index (χ4n) is 3.95. The molecule has 0 radical (unpaired) electrons. The van der Waals surface area contributed by atoms with Crippen LogP contribution in [0.25, 0.3) is 10.2 Å². The number of morpholine rings is 1. The molecule has 0 aliphatic carbocycles. The lowest BCUT2D eigenvalue weighted by atomic mass is 10.1. The molecule has 2 aliphatic rings. The summed E-state index contributed by atoms with van der Waals surface area (Å²) in [5, 5.41) is 4.72. The van der Waals surface area contributed by atoms with Gasteiger partial charge in [0.25, 0.3) is 0 Å². The smallest absolute Gasteiger partial charge is 0.211 e. The van der Waals surface area contributed by atoms with Crippen LogP contribution in [0.3, 0.4) is 0 Å². The van der Waals surface area contributed by atoms with Crippen molar-refractivity contribution in [3.8, 4) is 0 Å². The molecule has 0 saturated carbocycles. The summed E-state index contributed by atoms with van der Waals surface area (Å²) in [7, 11) is -3.12. The molecule has 2 aliphatic heterocycles. The van der Waals surface area contributed by atoms with Crippen molar-refractivity contribution >= 4 is 37.4 Å².